The van der Waals surface area contributed by atoms with Crippen LogP contribution in [0.5, 0.6) is 0 Å². The number of allylic oxidation sites excluding steroid dienone is 1. The molecule has 0 amide bonds. The molecule has 1 rings (SSSR count). The summed E-state index contributed by atoms with van der Waals surface area (Å²) in [5.41, 5.74) is 2.26. The molecule has 0 bridgehead atoms. The molecule has 0 unspecified atom stereocenters. The third-order valence-corrected chi connectivity index (χ3v) is 1.83. The quantitative estimate of drug-likeness (QED) is 0.666. The number of hydrogen-bond donors (Lipinski definition) is 0. The Morgan fingerprint density at radius 3 is 2.57 bits per heavy atom. The van der Waals surface area contributed by atoms with Crippen LogP contribution in [-0.4, -0.2) is 13.4 Å². The van der Waals surface area contributed by atoms with Crippen molar-refractivity contribution in [1.82, 2.24) is 0 Å². The van der Waals surface area contributed by atoms with Crippen LogP contribution >= 0.6 is 0 Å². The van der Waals surface area contributed by atoms with Gasteiger partial charge in [0.15, 0.2) is 0 Å². The number of aldehydes is 1. The van der Waals surface area contributed by atoms with Crippen LogP contribution in [0.15, 0.2) is 30.3 Å². The number of hydrogen-bond acceptors (Lipinski definition) is 2. The lowest BCUT2D eigenvalue weighted by molar-refractivity contribution is -0.107. The molecule has 2 heteroatoms. The molecule has 0 aliphatic heterocycles. The van der Waals surface area contributed by atoms with Gasteiger partial charge in [0.2, 0.25) is 0 Å². The lowest BCUT2D eigenvalue weighted by Gasteiger charge is -1.99. The van der Waals surface area contributed by atoms with Crippen LogP contribution in [0.4, 0.5) is 0 Å². The van der Waals surface area contributed by atoms with Gasteiger partial charge in [-0.25, -0.2) is 0 Å². The number of rotatable bonds is 5. The minimum Gasteiger partial charge on any atom is -0.380 e. The summed E-state index contributed by atoms with van der Waals surface area (Å²) in [4.78, 5) is 10.1. The summed E-state index contributed by atoms with van der Waals surface area (Å²) in [7, 11) is 1.68. The summed E-state index contributed by atoms with van der Waals surface area (Å²) in [6.07, 6.45) is 5.14. The van der Waals surface area contributed by atoms with E-state index in [1.54, 1.807) is 7.11 Å². The molecule has 1 aromatic carbocycles. The molecule has 0 spiro atoms. The second kappa shape index (κ2) is 6.11. The van der Waals surface area contributed by atoms with Crippen molar-refractivity contribution >= 4 is 12.4 Å². The molecule has 0 saturated carbocycles. The molecule has 0 radical (unpaired) electrons. The minimum atomic E-state index is 0.472. The maximum atomic E-state index is 10.1. The maximum absolute atomic E-state index is 10.1. The second-order valence-electron chi connectivity index (χ2n) is 2.98. The van der Waals surface area contributed by atoms with Crippen LogP contribution < -0.4 is 0 Å². The van der Waals surface area contributed by atoms with Crippen LogP contribution in [0.25, 0.3) is 6.08 Å². The van der Waals surface area contributed by atoms with E-state index in [0.717, 1.165) is 17.4 Å². The van der Waals surface area contributed by atoms with Gasteiger partial charge < -0.3 is 9.53 Å². The molecule has 0 atom stereocenters. The van der Waals surface area contributed by atoms with Crippen molar-refractivity contribution in [3.05, 3.63) is 41.5 Å². The molecule has 14 heavy (non-hydrogen) atoms. The van der Waals surface area contributed by atoms with Crippen molar-refractivity contribution in [1.29, 1.82) is 0 Å². The van der Waals surface area contributed by atoms with Gasteiger partial charge in [-0.2, -0.15) is 0 Å². The van der Waals surface area contributed by atoms with Gasteiger partial charge in [-0.15, -0.1) is 0 Å². The number of carbonyl (C=O) groups excluding carboxylic acids is 1. The highest BCUT2D eigenvalue weighted by Gasteiger charge is 1.90. The highest BCUT2D eigenvalue weighted by atomic mass is 16.5. The highest BCUT2D eigenvalue weighted by Crippen LogP contribution is 2.07. The third kappa shape index (κ3) is 3.54. The summed E-state index contributed by atoms with van der Waals surface area (Å²) in [5.74, 6) is 0. The standard InChI is InChI=1S/C12H14O2/c1-14-10-12-7-5-11(6-8-12)4-2-3-9-13/h2,4-9H,3,10H2,1H3. The zero-order valence-electron chi connectivity index (χ0n) is 8.27. The van der Waals surface area contributed by atoms with Crippen molar-refractivity contribution in [2.24, 2.45) is 0 Å². The van der Waals surface area contributed by atoms with Gasteiger partial charge >= 0.3 is 0 Å². The zero-order valence-corrected chi connectivity index (χ0v) is 8.27. The maximum Gasteiger partial charge on any atom is 0.123 e. The van der Waals surface area contributed by atoms with Gasteiger partial charge in [0, 0.05) is 13.5 Å². The first kappa shape index (κ1) is 10.7. The van der Waals surface area contributed by atoms with Crippen molar-refractivity contribution in [3.8, 4) is 0 Å². The van der Waals surface area contributed by atoms with E-state index < -0.39 is 0 Å². The Bertz CT molecular complexity index is 299. The van der Waals surface area contributed by atoms with Crippen LogP contribution in [0, 0.1) is 0 Å². The zero-order chi connectivity index (χ0) is 10.2. The van der Waals surface area contributed by atoms with Gasteiger partial charge in [-0.05, 0) is 11.1 Å². The molecular weight excluding hydrogens is 176 g/mol. The van der Waals surface area contributed by atoms with Crippen LogP contribution in [0.1, 0.15) is 17.5 Å². The van der Waals surface area contributed by atoms with Gasteiger partial charge in [0.25, 0.3) is 0 Å². The first-order valence-electron chi connectivity index (χ1n) is 4.55. The smallest absolute Gasteiger partial charge is 0.123 e. The van der Waals surface area contributed by atoms with Crippen molar-refractivity contribution in [2.75, 3.05) is 7.11 Å². The lowest BCUT2D eigenvalue weighted by Crippen LogP contribution is -1.86. The normalized spacial score (nSPS) is 10.6. The Labute approximate surface area is 84.2 Å². The van der Waals surface area contributed by atoms with E-state index in [-0.39, 0.29) is 0 Å². The van der Waals surface area contributed by atoms with Gasteiger partial charge in [-0.1, -0.05) is 36.4 Å². The average molecular weight is 190 g/mol. The van der Waals surface area contributed by atoms with E-state index >= 15 is 0 Å². The lowest BCUT2D eigenvalue weighted by atomic mass is 10.1. The number of methoxy groups -OCH3 is 1. The number of ether oxygens (including phenoxy) is 1. The van der Waals surface area contributed by atoms with E-state index in [1.807, 2.05) is 36.4 Å². The molecule has 74 valence electrons. The highest BCUT2D eigenvalue weighted by molar-refractivity contribution is 5.57. The molecule has 0 aliphatic carbocycles. The Balaban J connectivity index is 2.58. The summed E-state index contributed by atoms with van der Waals surface area (Å²) < 4.78 is 5.00. The Morgan fingerprint density at radius 2 is 2.00 bits per heavy atom. The molecule has 2 nitrogen and oxygen atoms in total. The molecule has 0 aromatic heterocycles. The van der Waals surface area contributed by atoms with Crippen LogP contribution in [0.2, 0.25) is 0 Å². The number of carbonyl (C=O) groups is 1. The second-order valence-corrected chi connectivity index (χ2v) is 2.98. The summed E-state index contributed by atoms with van der Waals surface area (Å²) >= 11 is 0. The summed E-state index contributed by atoms with van der Waals surface area (Å²) in [5, 5.41) is 0. The van der Waals surface area contributed by atoms with Crippen LogP contribution in [0.3, 0.4) is 0 Å². The fraction of sp³-hybridized carbons (Fsp3) is 0.250. The topological polar surface area (TPSA) is 26.3 Å². The van der Waals surface area contributed by atoms with E-state index in [2.05, 4.69) is 0 Å². The van der Waals surface area contributed by atoms with E-state index in [4.69, 9.17) is 4.74 Å². The minimum absolute atomic E-state index is 0.472. The first-order chi connectivity index (χ1) is 6.86. The van der Waals surface area contributed by atoms with E-state index in [0.29, 0.717) is 13.0 Å². The SMILES string of the molecule is COCc1ccc(C=CCC=O)cc1. The predicted octanol–water partition coefficient (Wildman–Crippen LogP) is 2.44. The third-order valence-electron chi connectivity index (χ3n) is 1.83. The number of benzene rings is 1. The van der Waals surface area contributed by atoms with Gasteiger partial charge in [-0.3, -0.25) is 0 Å². The van der Waals surface area contributed by atoms with Crippen molar-refractivity contribution in [3.63, 3.8) is 0 Å². The van der Waals surface area contributed by atoms with Crippen LogP contribution in [-0.2, 0) is 16.1 Å². The Hall–Kier alpha value is -1.41. The predicted molar refractivity (Wildman–Crippen MR) is 56.9 cm³/mol. The largest absolute Gasteiger partial charge is 0.380 e. The van der Waals surface area contributed by atoms with E-state index in [9.17, 15) is 4.79 Å². The van der Waals surface area contributed by atoms with Gasteiger partial charge in [0.05, 0.1) is 6.61 Å². The van der Waals surface area contributed by atoms with Gasteiger partial charge in [0.1, 0.15) is 6.29 Å². The first-order valence-corrected chi connectivity index (χ1v) is 4.55. The molecule has 0 aliphatic rings. The molecular formula is C12H14O2. The van der Waals surface area contributed by atoms with Crippen molar-refractivity contribution in [2.45, 2.75) is 13.0 Å². The Kier molecular flexibility index (Phi) is 4.65. The fourth-order valence-corrected chi connectivity index (χ4v) is 1.15. The molecule has 0 fully saturated rings. The fourth-order valence-electron chi connectivity index (χ4n) is 1.15. The molecule has 0 heterocycles. The van der Waals surface area contributed by atoms with E-state index in [1.165, 1.54) is 0 Å². The molecule has 0 N–H and O–H groups in total. The monoisotopic (exact) mass is 190 g/mol. The summed E-state index contributed by atoms with van der Waals surface area (Å²) in [6.45, 7) is 0.637. The average Bonchev–Trinajstić information content (AvgIpc) is 2.21. The molecule has 1 aromatic rings. The Morgan fingerprint density at radius 1 is 1.29 bits per heavy atom. The summed E-state index contributed by atoms with van der Waals surface area (Å²) in [6, 6.07) is 8.06. The van der Waals surface area contributed by atoms with Crippen molar-refractivity contribution < 1.29 is 9.53 Å². The molecule has 0 saturated heterocycles.